The van der Waals surface area contributed by atoms with E-state index in [0.29, 0.717) is 16.1 Å². The van der Waals surface area contributed by atoms with Crippen LogP contribution < -0.4 is 5.32 Å². The maximum atomic E-state index is 12.6. The van der Waals surface area contributed by atoms with Crippen LogP contribution in [0.3, 0.4) is 0 Å². The van der Waals surface area contributed by atoms with Crippen molar-refractivity contribution in [3.63, 3.8) is 0 Å². The molecule has 0 bridgehead atoms. The largest absolute Gasteiger partial charge is 0.420 e. The predicted octanol–water partition coefficient (Wildman–Crippen LogP) is 4.06. The smallest absolute Gasteiger partial charge is 0.342 e. The second-order valence-electron chi connectivity index (χ2n) is 6.58. The van der Waals surface area contributed by atoms with E-state index in [9.17, 15) is 9.59 Å². The molecule has 0 fully saturated rings. The summed E-state index contributed by atoms with van der Waals surface area (Å²) in [6.07, 6.45) is 3.10. The second kappa shape index (κ2) is 7.18. The number of hydrogen-bond acceptors (Lipinski definition) is 5. The van der Waals surface area contributed by atoms with Gasteiger partial charge in [0, 0.05) is 17.1 Å². The van der Waals surface area contributed by atoms with Crippen molar-refractivity contribution in [2.45, 2.75) is 25.2 Å². The lowest BCUT2D eigenvalue weighted by atomic mass is 9.98. The molecule has 0 saturated heterocycles. The molecule has 0 aliphatic carbocycles. The van der Waals surface area contributed by atoms with Gasteiger partial charge in [0.1, 0.15) is 0 Å². The molecule has 3 unspecified atom stereocenters. The Balaban J connectivity index is 1.49. The number of hydrogen-bond donors (Lipinski definition) is 1. The molecule has 138 valence electrons. The Kier molecular flexibility index (Phi) is 4.72. The Morgan fingerprint density at radius 2 is 2.07 bits per heavy atom. The molecule has 2 aromatic carbocycles. The lowest BCUT2D eigenvalue weighted by Gasteiger charge is -2.18. The summed E-state index contributed by atoms with van der Waals surface area (Å²) in [6.45, 7) is 2.55. The molecule has 27 heavy (non-hydrogen) atoms. The molecule has 0 radical (unpaired) electrons. The SMILES string of the molecule is CC(C(=O)OC1OC(=O)c2ccccc21)c1ccc(C2C=CCN2)c(Cl)c1. The topological polar surface area (TPSA) is 64.6 Å². The third kappa shape index (κ3) is 3.36. The summed E-state index contributed by atoms with van der Waals surface area (Å²) in [4.78, 5) is 24.5. The number of ether oxygens (including phenoxy) is 2. The van der Waals surface area contributed by atoms with Gasteiger partial charge in [-0.1, -0.05) is 54.1 Å². The van der Waals surface area contributed by atoms with E-state index in [1.165, 1.54) is 0 Å². The Bertz CT molecular complexity index is 940. The Hall–Kier alpha value is -2.63. The maximum Gasteiger partial charge on any atom is 0.342 e. The lowest BCUT2D eigenvalue weighted by Crippen LogP contribution is -2.18. The quantitative estimate of drug-likeness (QED) is 0.637. The van der Waals surface area contributed by atoms with Crippen LogP contribution >= 0.6 is 11.6 Å². The van der Waals surface area contributed by atoms with E-state index in [2.05, 4.69) is 17.5 Å². The van der Waals surface area contributed by atoms with Crippen LogP contribution in [0.15, 0.2) is 54.6 Å². The summed E-state index contributed by atoms with van der Waals surface area (Å²) in [6, 6.07) is 12.5. The molecular weight excluding hydrogens is 366 g/mol. The Morgan fingerprint density at radius 3 is 2.81 bits per heavy atom. The van der Waals surface area contributed by atoms with Gasteiger partial charge < -0.3 is 14.8 Å². The highest BCUT2D eigenvalue weighted by Crippen LogP contribution is 2.34. The molecule has 2 aliphatic rings. The summed E-state index contributed by atoms with van der Waals surface area (Å²) >= 11 is 6.42. The zero-order chi connectivity index (χ0) is 19.0. The molecule has 0 amide bonds. The van der Waals surface area contributed by atoms with E-state index in [4.69, 9.17) is 21.1 Å². The molecule has 0 spiro atoms. The highest BCUT2D eigenvalue weighted by atomic mass is 35.5. The Labute approximate surface area is 161 Å². The first kappa shape index (κ1) is 17.8. The molecular formula is C21H18ClNO4. The first-order chi connectivity index (χ1) is 13.0. The molecule has 2 heterocycles. The van der Waals surface area contributed by atoms with Crippen LogP contribution in [0, 0.1) is 0 Å². The van der Waals surface area contributed by atoms with Gasteiger partial charge in [0.05, 0.1) is 17.5 Å². The number of halogens is 1. The molecule has 5 nitrogen and oxygen atoms in total. The number of carbonyl (C=O) groups excluding carboxylic acids is 2. The molecule has 4 rings (SSSR count). The van der Waals surface area contributed by atoms with E-state index >= 15 is 0 Å². The minimum atomic E-state index is -1.01. The summed E-state index contributed by atoms with van der Waals surface area (Å²) in [7, 11) is 0. The lowest BCUT2D eigenvalue weighted by molar-refractivity contribution is -0.169. The van der Waals surface area contributed by atoms with Gasteiger partial charge in [0.15, 0.2) is 0 Å². The summed E-state index contributed by atoms with van der Waals surface area (Å²) in [5, 5.41) is 3.90. The number of rotatable bonds is 4. The zero-order valence-corrected chi connectivity index (χ0v) is 15.4. The van der Waals surface area contributed by atoms with E-state index < -0.39 is 24.1 Å². The maximum absolute atomic E-state index is 12.6. The van der Waals surface area contributed by atoms with E-state index in [1.54, 1.807) is 37.3 Å². The first-order valence-corrected chi connectivity index (χ1v) is 9.12. The van der Waals surface area contributed by atoms with E-state index in [-0.39, 0.29) is 6.04 Å². The van der Waals surface area contributed by atoms with Crippen molar-refractivity contribution < 1.29 is 19.1 Å². The number of cyclic esters (lactones) is 1. The predicted molar refractivity (Wildman–Crippen MR) is 100 cm³/mol. The minimum absolute atomic E-state index is 0.0863. The van der Waals surface area contributed by atoms with Crippen LogP contribution in [0.1, 0.15) is 52.2 Å². The molecule has 0 aromatic heterocycles. The molecule has 1 N–H and O–H groups in total. The van der Waals surface area contributed by atoms with Crippen LogP contribution in [-0.2, 0) is 14.3 Å². The van der Waals surface area contributed by atoms with Crippen molar-refractivity contribution in [3.05, 3.63) is 81.9 Å². The molecule has 3 atom stereocenters. The number of fused-ring (bicyclic) bond motifs is 1. The number of carbonyl (C=O) groups is 2. The van der Waals surface area contributed by atoms with E-state index in [0.717, 1.165) is 17.7 Å². The number of nitrogens with one attached hydrogen (secondary N) is 1. The Morgan fingerprint density at radius 1 is 1.26 bits per heavy atom. The average Bonchev–Trinajstić information content (AvgIpc) is 3.30. The van der Waals surface area contributed by atoms with Crippen molar-refractivity contribution in [1.29, 1.82) is 0 Å². The van der Waals surface area contributed by atoms with Gasteiger partial charge in [0.2, 0.25) is 0 Å². The number of esters is 2. The highest BCUT2D eigenvalue weighted by Gasteiger charge is 2.34. The zero-order valence-electron chi connectivity index (χ0n) is 14.6. The third-order valence-corrected chi connectivity index (χ3v) is 5.20. The summed E-state index contributed by atoms with van der Waals surface area (Å²) < 4.78 is 10.6. The van der Waals surface area contributed by atoms with Gasteiger partial charge in [-0.3, -0.25) is 4.79 Å². The molecule has 0 saturated carbocycles. The minimum Gasteiger partial charge on any atom is -0.420 e. The van der Waals surface area contributed by atoms with Gasteiger partial charge >= 0.3 is 11.9 Å². The van der Waals surface area contributed by atoms with E-state index in [1.807, 2.05) is 12.1 Å². The number of benzene rings is 2. The third-order valence-electron chi connectivity index (χ3n) is 4.87. The standard InChI is InChI=1S/C21H18ClNO4/c1-12(13-8-9-16(17(22)11-13)18-7-4-10-23-18)19(24)26-21-15-6-3-2-5-14(15)20(25)27-21/h2-9,11-12,18,21,23H,10H2,1H3. The van der Waals surface area contributed by atoms with Crippen molar-refractivity contribution in [2.75, 3.05) is 6.54 Å². The first-order valence-electron chi connectivity index (χ1n) is 8.74. The van der Waals surface area contributed by atoms with Gasteiger partial charge in [0.25, 0.3) is 6.29 Å². The summed E-state index contributed by atoms with van der Waals surface area (Å²) in [5.41, 5.74) is 2.70. The van der Waals surface area contributed by atoms with Gasteiger partial charge in [-0.15, -0.1) is 0 Å². The van der Waals surface area contributed by atoms with Crippen molar-refractivity contribution in [2.24, 2.45) is 0 Å². The second-order valence-corrected chi connectivity index (χ2v) is 6.99. The van der Waals surface area contributed by atoms with Crippen molar-refractivity contribution in [3.8, 4) is 0 Å². The highest BCUT2D eigenvalue weighted by molar-refractivity contribution is 6.31. The van der Waals surface area contributed by atoms with Crippen LogP contribution in [0.2, 0.25) is 5.02 Å². The summed E-state index contributed by atoms with van der Waals surface area (Å²) in [5.74, 6) is -1.51. The van der Waals surface area contributed by atoms with Gasteiger partial charge in [-0.25, -0.2) is 4.79 Å². The van der Waals surface area contributed by atoms with Crippen molar-refractivity contribution in [1.82, 2.24) is 5.32 Å². The molecule has 6 heteroatoms. The average molecular weight is 384 g/mol. The van der Waals surface area contributed by atoms with Gasteiger partial charge in [-0.05, 0) is 30.2 Å². The van der Waals surface area contributed by atoms with Crippen LogP contribution in [-0.4, -0.2) is 18.5 Å². The fourth-order valence-corrected chi connectivity index (χ4v) is 3.60. The van der Waals surface area contributed by atoms with Crippen LogP contribution in [0.25, 0.3) is 0 Å². The fraction of sp³-hybridized carbons (Fsp3) is 0.238. The van der Waals surface area contributed by atoms with Crippen molar-refractivity contribution >= 4 is 23.5 Å². The van der Waals surface area contributed by atoms with Gasteiger partial charge in [-0.2, -0.15) is 0 Å². The normalized spacial score (nSPS) is 21.6. The van der Waals surface area contributed by atoms with Crippen LogP contribution in [0.5, 0.6) is 0 Å². The molecule has 2 aromatic rings. The monoisotopic (exact) mass is 383 g/mol. The molecule has 2 aliphatic heterocycles. The van der Waals surface area contributed by atoms with Crippen LogP contribution in [0.4, 0.5) is 0 Å². The fourth-order valence-electron chi connectivity index (χ4n) is 3.29.